The highest BCUT2D eigenvalue weighted by molar-refractivity contribution is 7.92. The molecule has 0 unspecified atom stereocenters. The summed E-state index contributed by atoms with van der Waals surface area (Å²) in [5.74, 6) is -0.504. The molecule has 2 aromatic carbocycles. The van der Waals surface area contributed by atoms with Gasteiger partial charge >= 0.3 is 0 Å². The number of nitrogens with zero attached hydrogens (tertiary/aromatic N) is 1. The van der Waals surface area contributed by atoms with E-state index in [0.29, 0.717) is 11.2 Å². The molecule has 3 rings (SSSR count). The highest BCUT2D eigenvalue weighted by atomic mass is 32.2. The lowest BCUT2D eigenvalue weighted by Crippen LogP contribution is -2.34. The fraction of sp³-hybridized carbons (Fsp3) is 0.238. The Morgan fingerprint density at radius 2 is 1.83 bits per heavy atom. The molecule has 3 aromatic rings. The number of anilines is 1. The average molecular weight is 413 g/mol. The minimum atomic E-state index is -3.88. The van der Waals surface area contributed by atoms with Gasteiger partial charge in [-0.15, -0.1) is 0 Å². The molecule has 0 saturated carbocycles. The second-order valence-electron chi connectivity index (χ2n) is 6.87. The van der Waals surface area contributed by atoms with E-state index in [-0.39, 0.29) is 28.4 Å². The molecular formula is C21H23N3O4S. The number of para-hydroxylation sites is 1. The Morgan fingerprint density at radius 1 is 1.14 bits per heavy atom. The van der Waals surface area contributed by atoms with Crippen molar-refractivity contribution >= 4 is 32.5 Å². The van der Waals surface area contributed by atoms with E-state index < -0.39 is 21.4 Å². The monoisotopic (exact) mass is 413 g/mol. The van der Waals surface area contributed by atoms with Crippen LogP contribution in [0.1, 0.15) is 31.1 Å². The van der Waals surface area contributed by atoms with E-state index >= 15 is 0 Å². The number of rotatable bonds is 6. The smallest absolute Gasteiger partial charge is 0.264 e. The molecule has 0 fully saturated rings. The lowest BCUT2D eigenvalue weighted by Gasteiger charge is -2.23. The second kappa shape index (κ2) is 8.08. The van der Waals surface area contributed by atoms with Gasteiger partial charge in [0.15, 0.2) is 0 Å². The molecule has 0 saturated heterocycles. The van der Waals surface area contributed by atoms with Crippen molar-refractivity contribution in [3.05, 3.63) is 70.5 Å². The van der Waals surface area contributed by atoms with Crippen LogP contribution in [0.4, 0.5) is 5.69 Å². The molecule has 0 aliphatic rings. The number of fused-ring (bicyclic) bond motifs is 1. The molecule has 152 valence electrons. The van der Waals surface area contributed by atoms with Gasteiger partial charge in [-0.05, 0) is 51.1 Å². The maximum absolute atomic E-state index is 13.2. The first kappa shape index (κ1) is 20.6. The van der Waals surface area contributed by atoms with Crippen molar-refractivity contribution < 1.29 is 13.2 Å². The van der Waals surface area contributed by atoms with Crippen LogP contribution >= 0.6 is 0 Å². The molecule has 2 N–H and O–H groups in total. The van der Waals surface area contributed by atoms with E-state index in [4.69, 9.17) is 0 Å². The van der Waals surface area contributed by atoms with Crippen LogP contribution in [0.25, 0.3) is 10.9 Å². The zero-order valence-corrected chi connectivity index (χ0v) is 17.3. The van der Waals surface area contributed by atoms with E-state index in [1.807, 2.05) is 6.07 Å². The fourth-order valence-corrected chi connectivity index (χ4v) is 4.58. The Balaban J connectivity index is 2.12. The number of carbonyl (C=O) groups is 1. The summed E-state index contributed by atoms with van der Waals surface area (Å²) in [4.78, 5) is 28.0. The van der Waals surface area contributed by atoms with Crippen LogP contribution in [0.15, 0.2) is 64.4 Å². The number of benzene rings is 2. The van der Waals surface area contributed by atoms with Crippen molar-refractivity contribution in [2.45, 2.75) is 31.7 Å². The largest absolute Gasteiger partial charge is 0.360 e. The highest BCUT2D eigenvalue weighted by Crippen LogP contribution is 2.24. The van der Waals surface area contributed by atoms with Gasteiger partial charge in [0.1, 0.15) is 5.56 Å². The van der Waals surface area contributed by atoms with Gasteiger partial charge in [0.25, 0.3) is 15.9 Å². The zero-order valence-electron chi connectivity index (χ0n) is 16.5. The van der Waals surface area contributed by atoms with Crippen molar-refractivity contribution in [3.8, 4) is 0 Å². The minimum Gasteiger partial charge on any atom is -0.360 e. The first-order valence-electron chi connectivity index (χ1n) is 9.29. The third-order valence-corrected chi connectivity index (χ3v) is 6.34. The number of aromatic amines is 1. The van der Waals surface area contributed by atoms with Crippen LogP contribution < -0.4 is 15.1 Å². The van der Waals surface area contributed by atoms with E-state index in [1.54, 1.807) is 45.0 Å². The Labute approximate surface area is 169 Å². The lowest BCUT2D eigenvalue weighted by atomic mass is 10.1. The fourth-order valence-electron chi connectivity index (χ4n) is 3.08. The third-order valence-electron chi connectivity index (χ3n) is 4.44. The van der Waals surface area contributed by atoms with Crippen LogP contribution in [0.3, 0.4) is 0 Å². The summed E-state index contributed by atoms with van der Waals surface area (Å²) in [5.41, 5.74) is 0.416. The molecule has 0 atom stereocenters. The predicted molar refractivity (Wildman–Crippen MR) is 114 cm³/mol. The average Bonchev–Trinajstić information content (AvgIpc) is 2.68. The van der Waals surface area contributed by atoms with Crippen LogP contribution in [-0.2, 0) is 10.0 Å². The molecule has 0 radical (unpaired) electrons. The van der Waals surface area contributed by atoms with Gasteiger partial charge in [-0.2, -0.15) is 0 Å². The van der Waals surface area contributed by atoms with Gasteiger partial charge in [-0.3, -0.25) is 13.9 Å². The maximum Gasteiger partial charge on any atom is 0.264 e. The summed E-state index contributed by atoms with van der Waals surface area (Å²) in [6.45, 7) is 5.56. The number of amides is 1. The molecule has 1 aromatic heterocycles. The number of hydrogen-bond acceptors (Lipinski definition) is 4. The summed E-state index contributed by atoms with van der Waals surface area (Å²) in [5, 5.41) is 2.82. The molecule has 0 aliphatic heterocycles. The van der Waals surface area contributed by atoms with Gasteiger partial charge in [-0.1, -0.05) is 18.2 Å². The Hall–Kier alpha value is -3.13. The van der Waals surface area contributed by atoms with Gasteiger partial charge in [-0.25, -0.2) is 8.42 Å². The number of H-pyrrole nitrogens is 1. The van der Waals surface area contributed by atoms with Crippen molar-refractivity contribution in [1.82, 2.24) is 10.3 Å². The maximum atomic E-state index is 13.2. The number of sulfonamides is 1. The van der Waals surface area contributed by atoms with E-state index in [0.717, 1.165) is 0 Å². The molecule has 7 nitrogen and oxygen atoms in total. The molecule has 29 heavy (non-hydrogen) atoms. The van der Waals surface area contributed by atoms with Crippen molar-refractivity contribution in [2.24, 2.45) is 0 Å². The Bertz CT molecular complexity index is 1200. The van der Waals surface area contributed by atoms with Crippen LogP contribution in [0.2, 0.25) is 0 Å². The van der Waals surface area contributed by atoms with Gasteiger partial charge in [0, 0.05) is 29.7 Å². The van der Waals surface area contributed by atoms with Crippen molar-refractivity contribution in [1.29, 1.82) is 0 Å². The second-order valence-corrected chi connectivity index (χ2v) is 8.73. The first-order chi connectivity index (χ1) is 13.8. The standard InChI is InChI=1S/C21H23N3O4S/c1-4-24(15-8-6-5-7-9-15)29(27,28)16-10-11-19-17(12-16)20(25)18(13-22-19)21(26)23-14(2)3/h5-14H,4H2,1-3H3,(H,22,25)(H,23,26). The van der Waals surface area contributed by atoms with Crippen LogP contribution in [0, 0.1) is 0 Å². The summed E-state index contributed by atoms with van der Waals surface area (Å²) in [6.07, 6.45) is 1.35. The Kier molecular flexibility index (Phi) is 5.74. The molecule has 8 heteroatoms. The summed E-state index contributed by atoms with van der Waals surface area (Å²) in [7, 11) is -3.88. The van der Waals surface area contributed by atoms with Gasteiger partial charge < -0.3 is 10.3 Å². The Morgan fingerprint density at radius 3 is 2.45 bits per heavy atom. The molecule has 1 amide bonds. The summed E-state index contributed by atoms with van der Waals surface area (Å²) < 4.78 is 27.7. The molecular weight excluding hydrogens is 390 g/mol. The van der Waals surface area contributed by atoms with Crippen molar-refractivity contribution in [3.63, 3.8) is 0 Å². The lowest BCUT2D eigenvalue weighted by molar-refractivity contribution is 0.0942. The minimum absolute atomic E-state index is 0.0115. The molecule has 1 heterocycles. The quantitative estimate of drug-likeness (QED) is 0.649. The normalized spacial score (nSPS) is 11.6. The molecule has 0 bridgehead atoms. The zero-order chi connectivity index (χ0) is 21.2. The summed E-state index contributed by atoms with van der Waals surface area (Å²) in [6, 6.07) is 12.9. The van der Waals surface area contributed by atoms with Gasteiger partial charge in [0.2, 0.25) is 5.43 Å². The molecule has 0 spiro atoms. The number of hydrogen-bond donors (Lipinski definition) is 2. The summed E-state index contributed by atoms with van der Waals surface area (Å²) >= 11 is 0. The van der Waals surface area contributed by atoms with Crippen molar-refractivity contribution in [2.75, 3.05) is 10.8 Å². The highest BCUT2D eigenvalue weighted by Gasteiger charge is 2.24. The predicted octanol–water partition coefficient (Wildman–Crippen LogP) is 2.88. The van der Waals surface area contributed by atoms with E-state index in [9.17, 15) is 18.0 Å². The topological polar surface area (TPSA) is 99.3 Å². The van der Waals surface area contributed by atoms with E-state index in [2.05, 4.69) is 10.3 Å². The third kappa shape index (κ3) is 4.02. The van der Waals surface area contributed by atoms with Gasteiger partial charge in [0.05, 0.1) is 10.6 Å². The molecule has 0 aliphatic carbocycles. The van der Waals surface area contributed by atoms with Crippen LogP contribution in [0.5, 0.6) is 0 Å². The van der Waals surface area contributed by atoms with Crippen LogP contribution in [-0.4, -0.2) is 31.9 Å². The SMILES string of the molecule is CCN(c1ccccc1)S(=O)(=O)c1ccc2[nH]cc(C(=O)NC(C)C)c(=O)c2c1. The number of nitrogens with one attached hydrogen (secondary N) is 2. The van der Waals surface area contributed by atoms with E-state index in [1.165, 1.54) is 28.7 Å². The number of aromatic nitrogens is 1. The first-order valence-corrected chi connectivity index (χ1v) is 10.7. The number of carbonyl (C=O) groups excluding carboxylic acids is 1. The number of pyridine rings is 1.